The van der Waals surface area contributed by atoms with E-state index in [1.54, 1.807) is 0 Å². The number of carbonyl (C=O) groups is 3. The first-order valence-corrected chi connectivity index (χ1v) is 6.29. The van der Waals surface area contributed by atoms with Gasteiger partial charge in [0, 0.05) is 26.4 Å². The van der Waals surface area contributed by atoms with Gasteiger partial charge in [-0.2, -0.15) is 0 Å². The van der Waals surface area contributed by atoms with Gasteiger partial charge in [-0.3, -0.25) is 9.59 Å². The van der Waals surface area contributed by atoms with Crippen molar-refractivity contribution in [2.45, 2.75) is 45.1 Å². The van der Waals surface area contributed by atoms with Crippen molar-refractivity contribution >= 4 is 17.8 Å². The standard InChI is InChI=1S/C12H20N2O4/c1-9(15)13-7-6-11(16)14-8-4-2-3-5-10(14)12(17)18/h10H,2-8H2,1H3,(H,13,15)(H,17,18). The second-order valence-corrected chi connectivity index (χ2v) is 4.52. The summed E-state index contributed by atoms with van der Waals surface area (Å²) in [6.07, 6.45) is 3.31. The normalized spacial score (nSPS) is 20.1. The van der Waals surface area contributed by atoms with E-state index < -0.39 is 12.0 Å². The van der Waals surface area contributed by atoms with Crippen molar-refractivity contribution in [3.05, 3.63) is 0 Å². The average molecular weight is 256 g/mol. The highest BCUT2D eigenvalue weighted by molar-refractivity contribution is 5.84. The van der Waals surface area contributed by atoms with Crippen molar-refractivity contribution in [3.63, 3.8) is 0 Å². The summed E-state index contributed by atoms with van der Waals surface area (Å²) >= 11 is 0. The molecule has 1 saturated heterocycles. The molecule has 1 atom stereocenters. The van der Waals surface area contributed by atoms with Crippen LogP contribution in [0.15, 0.2) is 0 Å². The van der Waals surface area contributed by atoms with Gasteiger partial charge >= 0.3 is 5.97 Å². The quantitative estimate of drug-likeness (QED) is 0.760. The molecule has 6 heteroatoms. The molecule has 18 heavy (non-hydrogen) atoms. The molecule has 0 saturated carbocycles. The Morgan fingerprint density at radius 3 is 2.61 bits per heavy atom. The van der Waals surface area contributed by atoms with Gasteiger partial charge in [-0.1, -0.05) is 12.8 Å². The molecule has 1 unspecified atom stereocenters. The number of likely N-dealkylation sites (tertiary alicyclic amines) is 1. The number of hydrogen-bond acceptors (Lipinski definition) is 3. The summed E-state index contributed by atoms with van der Waals surface area (Å²) < 4.78 is 0. The van der Waals surface area contributed by atoms with Gasteiger partial charge in [0.05, 0.1) is 0 Å². The molecule has 1 heterocycles. The zero-order valence-electron chi connectivity index (χ0n) is 10.6. The summed E-state index contributed by atoms with van der Waals surface area (Å²) in [5.74, 6) is -1.32. The Morgan fingerprint density at radius 2 is 2.00 bits per heavy atom. The minimum absolute atomic E-state index is 0.156. The Balaban J connectivity index is 2.55. The number of nitrogens with one attached hydrogen (secondary N) is 1. The second kappa shape index (κ2) is 6.98. The molecule has 0 bridgehead atoms. The molecule has 0 aromatic carbocycles. The van der Waals surface area contributed by atoms with Crippen LogP contribution in [0, 0.1) is 0 Å². The van der Waals surface area contributed by atoms with E-state index in [-0.39, 0.29) is 24.8 Å². The SMILES string of the molecule is CC(=O)NCCC(=O)N1CCCCCC1C(=O)O. The number of aliphatic carboxylic acids is 1. The molecule has 102 valence electrons. The molecule has 1 fully saturated rings. The van der Waals surface area contributed by atoms with Gasteiger partial charge in [-0.05, 0) is 12.8 Å². The maximum absolute atomic E-state index is 12.0. The molecule has 6 nitrogen and oxygen atoms in total. The van der Waals surface area contributed by atoms with E-state index in [4.69, 9.17) is 5.11 Å². The maximum atomic E-state index is 12.0. The predicted octanol–water partition coefficient (Wildman–Crippen LogP) is 0.368. The lowest BCUT2D eigenvalue weighted by Gasteiger charge is -2.27. The van der Waals surface area contributed by atoms with Gasteiger partial charge in [0.25, 0.3) is 0 Å². The van der Waals surface area contributed by atoms with Crippen LogP contribution in [0.3, 0.4) is 0 Å². The fourth-order valence-corrected chi connectivity index (χ4v) is 2.15. The van der Waals surface area contributed by atoms with Crippen LogP contribution in [-0.2, 0) is 14.4 Å². The molecular formula is C12H20N2O4. The molecule has 0 spiro atoms. The van der Waals surface area contributed by atoms with E-state index in [9.17, 15) is 14.4 Å². The molecule has 0 aromatic heterocycles. The molecule has 1 rings (SSSR count). The molecule has 2 N–H and O–H groups in total. The third-order valence-electron chi connectivity index (χ3n) is 3.07. The highest BCUT2D eigenvalue weighted by Gasteiger charge is 2.30. The molecular weight excluding hydrogens is 236 g/mol. The van der Waals surface area contributed by atoms with Gasteiger partial charge in [-0.25, -0.2) is 4.79 Å². The van der Waals surface area contributed by atoms with Crippen molar-refractivity contribution in [3.8, 4) is 0 Å². The fourth-order valence-electron chi connectivity index (χ4n) is 2.15. The summed E-state index contributed by atoms with van der Waals surface area (Å²) in [4.78, 5) is 35.2. The van der Waals surface area contributed by atoms with Crippen molar-refractivity contribution < 1.29 is 19.5 Å². The van der Waals surface area contributed by atoms with E-state index in [0.29, 0.717) is 13.0 Å². The minimum Gasteiger partial charge on any atom is -0.480 e. The summed E-state index contributed by atoms with van der Waals surface area (Å²) in [6, 6.07) is -0.711. The van der Waals surface area contributed by atoms with Crippen molar-refractivity contribution in [2.24, 2.45) is 0 Å². The van der Waals surface area contributed by atoms with E-state index in [2.05, 4.69) is 5.32 Å². The number of carboxylic acid groups (broad SMARTS) is 1. The second-order valence-electron chi connectivity index (χ2n) is 4.52. The molecule has 1 aliphatic heterocycles. The highest BCUT2D eigenvalue weighted by atomic mass is 16.4. The molecule has 2 amide bonds. The van der Waals surface area contributed by atoms with Crippen LogP contribution >= 0.6 is 0 Å². The number of carboxylic acids is 1. The molecule has 0 aliphatic carbocycles. The van der Waals surface area contributed by atoms with E-state index in [0.717, 1.165) is 19.3 Å². The first-order chi connectivity index (χ1) is 8.52. The van der Waals surface area contributed by atoms with Crippen molar-refractivity contribution in [1.29, 1.82) is 0 Å². The monoisotopic (exact) mass is 256 g/mol. The minimum atomic E-state index is -0.940. The highest BCUT2D eigenvalue weighted by Crippen LogP contribution is 2.17. The van der Waals surface area contributed by atoms with E-state index >= 15 is 0 Å². The largest absolute Gasteiger partial charge is 0.480 e. The van der Waals surface area contributed by atoms with Crippen LogP contribution in [0.2, 0.25) is 0 Å². The van der Waals surface area contributed by atoms with Crippen LogP contribution in [0.1, 0.15) is 39.0 Å². The van der Waals surface area contributed by atoms with Crippen LogP contribution in [0.4, 0.5) is 0 Å². The predicted molar refractivity (Wildman–Crippen MR) is 64.9 cm³/mol. The number of hydrogen-bond donors (Lipinski definition) is 2. The molecule has 1 aliphatic rings. The summed E-state index contributed by atoms with van der Waals surface area (Å²) in [7, 11) is 0. The first-order valence-electron chi connectivity index (χ1n) is 6.29. The lowest BCUT2D eigenvalue weighted by molar-refractivity contribution is -0.150. The zero-order valence-corrected chi connectivity index (χ0v) is 10.6. The maximum Gasteiger partial charge on any atom is 0.326 e. The Kier molecular flexibility index (Phi) is 5.61. The Morgan fingerprint density at radius 1 is 1.28 bits per heavy atom. The smallest absolute Gasteiger partial charge is 0.326 e. The fraction of sp³-hybridized carbons (Fsp3) is 0.750. The number of amides is 2. The average Bonchev–Trinajstić information content (AvgIpc) is 2.53. The van der Waals surface area contributed by atoms with Gasteiger partial charge in [0.1, 0.15) is 6.04 Å². The summed E-state index contributed by atoms with van der Waals surface area (Å²) in [5, 5.41) is 11.7. The Labute approximate surface area is 106 Å². The van der Waals surface area contributed by atoms with E-state index in [1.807, 2.05) is 0 Å². The number of carbonyl (C=O) groups excluding carboxylic acids is 2. The molecule has 0 aromatic rings. The topological polar surface area (TPSA) is 86.7 Å². The third-order valence-corrected chi connectivity index (χ3v) is 3.07. The van der Waals surface area contributed by atoms with Gasteiger partial charge in [0.2, 0.25) is 11.8 Å². The van der Waals surface area contributed by atoms with Crippen LogP contribution in [0.25, 0.3) is 0 Å². The first kappa shape index (κ1) is 14.5. The summed E-state index contributed by atoms with van der Waals surface area (Å²) in [6.45, 7) is 2.14. The van der Waals surface area contributed by atoms with Crippen molar-refractivity contribution in [1.82, 2.24) is 10.2 Å². The molecule has 0 radical (unpaired) electrons. The Hall–Kier alpha value is -1.59. The third kappa shape index (κ3) is 4.35. The lowest BCUT2D eigenvalue weighted by atomic mass is 10.1. The zero-order chi connectivity index (χ0) is 13.5. The van der Waals surface area contributed by atoms with Crippen LogP contribution < -0.4 is 5.32 Å². The van der Waals surface area contributed by atoms with Gasteiger partial charge < -0.3 is 15.3 Å². The lowest BCUT2D eigenvalue weighted by Crippen LogP contribution is -2.45. The van der Waals surface area contributed by atoms with E-state index in [1.165, 1.54) is 11.8 Å². The van der Waals surface area contributed by atoms with Crippen LogP contribution in [0.5, 0.6) is 0 Å². The number of rotatable bonds is 4. The van der Waals surface area contributed by atoms with Crippen molar-refractivity contribution in [2.75, 3.05) is 13.1 Å². The van der Waals surface area contributed by atoms with Crippen LogP contribution in [-0.4, -0.2) is 46.9 Å². The van der Waals surface area contributed by atoms with Gasteiger partial charge in [0.15, 0.2) is 0 Å². The Bertz CT molecular complexity index is 330. The van der Waals surface area contributed by atoms with Gasteiger partial charge in [-0.15, -0.1) is 0 Å². The number of nitrogens with zero attached hydrogens (tertiary/aromatic N) is 1. The summed E-state index contributed by atoms with van der Waals surface area (Å²) in [5.41, 5.74) is 0.